The van der Waals surface area contributed by atoms with E-state index in [1.807, 2.05) is 6.07 Å². The van der Waals surface area contributed by atoms with Crippen molar-refractivity contribution in [3.05, 3.63) is 35.1 Å². The van der Waals surface area contributed by atoms with E-state index >= 15 is 0 Å². The average molecular weight is 194 g/mol. The molecule has 0 amide bonds. The molecule has 0 aromatic heterocycles. The molecule has 0 N–H and O–H groups in total. The predicted octanol–water partition coefficient (Wildman–Crippen LogP) is 4.46. The molecule has 1 atom stereocenters. The monoisotopic (exact) mass is 194 g/mol. The van der Waals surface area contributed by atoms with Crippen LogP contribution < -0.4 is 0 Å². The standard InChI is InChI=1S/C13H19F/c1-5-10(4)13-8-11(14)6-7-12(13)9(2)3/h6-10H,5H2,1-4H3. The third-order valence-electron chi connectivity index (χ3n) is 2.81. The molecule has 78 valence electrons. The van der Waals surface area contributed by atoms with E-state index in [-0.39, 0.29) is 5.82 Å². The van der Waals surface area contributed by atoms with Gasteiger partial charge in [-0.1, -0.05) is 33.8 Å². The van der Waals surface area contributed by atoms with Crippen molar-refractivity contribution in [2.75, 3.05) is 0 Å². The van der Waals surface area contributed by atoms with E-state index in [1.165, 1.54) is 11.1 Å². The first kappa shape index (κ1) is 11.2. The average Bonchev–Trinajstić information content (AvgIpc) is 2.16. The maximum atomic E-state index is 13.1. The third-order valence-corrected chi connectivity index (χ3v) is 2.81. The molecule has 1 aromatic carbocycles. The summed E-state index contributed by atoms with van der Waals surface area (Å²) in [6, 6.07) is 5.16. The van der Waals surface area contributed by atoms with Gasteiger partial charge < -0.3 is 0 Å². The summed E-state index contributed by atoms with van der Waals surface area (Å²) >= 11 is 0. The number of hydrogen-bond donors (Lipinski definition) is 0. The van der Waals surface area contributed by atoms with Gasteiger partial charge in [0.2, 0.25) is 0 Å². The first-order valence-electron chi connectivity index (χ1n) is 5.35. The Morgan fingerprint density at radius 2 is 1.79 bits per heavy atom. The zero-order valence-electron chi connectivity index (χ0n) is 9.47. The lowest BCUT2D eigenvalue weighted by Gasteiger charge is -2.17. The van der Waals surface area contributed by atoms with E-state index in [2.05, 4.69) is 27.7 Å². The molecule has 0 aliphatic rings. The van der Waals surface area contributed by atoms with Crippen LogP contribution >= 0.6 is 0 Å². The molecule has 0 heterocycles. The van der Waals surface area contributed by atoms with Crippen LogP contribution in [0.3, 0.4) is 0 Å². The molecule has 1 rings (SSSR count). The molecule has 0 aliphatic heterocycles. The van der Waals surface area contributed by atoms with Crippen molar-refractivity contribution in [2.45, 2.75) is 46.0 Å². The molecule has 1 aromatic rings. The van der Waals surface area contributed by atoms with Gasteiger partial charge in [0.1, 0.15) is 5.82 Å². The molecule has 0 radical (unpaired) electrons. The quantitative estimate of drug-likeness (QED) is 0.666. The Hall–Kier alpha value is -0.850. The maximum absolute atomic E-state index is 13.1. The molecule has 0 fully saturated rings. The topological polar surface area (TPSA) is 0 Å². The van der Waals surface area contributed by atoms with Crippen LogP contribution in [0.1, 0.15) is 57.1 Å². The van der Waals surface area contributed by atoms with Crippen molar-refractivity contribution in [1.82, 2.24) is 0 Å². The van der Waals surface area contributed by atoms with Crippen LogP contribution in [0.25, 0.3) is 0 Å². The fourth-order valence-corrected chi connectivity index (χ4v) is 1.72. The van der Waals surface area contributed by atoms with Crippen molar-refractivity contribution in [3.8, 4) is 0 Å². The Morgan fingerprint density at radius 3 is 2.29 bits per heavy atom. The minimum absolute atomic E-state index is 0.121. The van der Waals surface area contributed by atoms with E-state index in [0.29, 0.717) is 11.8 Å². The highest BCUT2D eigenvalue weighted by Gasteiger charge is 2.12. The van der Waals surface area contributed by atoms with E-state index in [0.717, 1.165) is 6.42 Å². The largest absolute Gasteiger partial charge is 0.207 e. The predicted molar refractivity (Wildman–Crippen MR) is 59.2 cm³/mol. The molecule has 1 unspecified atom stereocenters. The van der Waals surface area contributed by atoms with Gasteiger partial charge in [-0.15, -0.1) is 0 Å². The number of halogens is 1. The summed E-state index contributed by atoms with van der Waals surface area (Å²) < 4.78 is 13.1. The summed E-state index contributed by atoms with van der Waals surface area (Å²) in [6.45, 7) is 8.60. The molecule has 0 nitrogen and oxygen atoms in total. The molecule has 0 aliphatic carbocycles. The Balaban J connectivity index is 3.15. The number of rotatable bonds is 3. The van der Waals surface area contributed by atoms with Crippen molar-refractivity contribution < 1.29 is 4.39 Å². The Bertz CT molecular complexity index is 302. The van der Waals surface area contributed by atoms with Gasteiger partial charge in [-0.2, -0.15) is 0 Å². The summed E-state index contributed by atoms with van der Waals surface area (Å²) in [6.07, 6.45) is 1.06. The fourth-order valence-electron chi connectivity index (χ4n) is 1.72. The normalized spacial score (nSPS) is 13.3. The van der Waals surface area contributed by atoms with Crippen LogP contribution in [0.2, 0.25) is 0 Å². The van der Waals surface area contributed by atoms with Gasteiger partial charge in [0, 0.05) is 0 Å². The Labute approximate surface area is 86.2 Å². The highest BCUT2D eigenvalue weighted by molar-refractivity contribution is 5.33. The van der Waals surface area contributed by atoms with Crippen molar-refractivity contribution in [1.29, 1.82) is 0 Å². The van der Waals surface area contributed by atoms with E-state index in [9.17, 15) is 4.39 Å². The lowest BCUT2D eigenvalue weighted by atomic mass is 9.88. The van der Waals surface area contributed by atoms with Crippen LogP contribution in [0, 0.1) is 5.82 Å². The second kappa shape index (κ2) is 4.59. The van der Waals surface area contributed by atoms with Crippen molar-refractivity contribution in [2.24, 2.45) is 0 Å². The minimum Gasteiger partial charge on any atom is -0.207 e. The van der Waals surface area contributed by atoms with Gasteiger partial charge in [0.15, 0.2) is 0 Å². The lowest BCUT2D eigenvalue weighted by molar-refractivity contribution is 0.615. The highest BCUT2D eigenvalue weighted by Crippen LogP contribution is 2.28. The second-order valence-electron chi connectivity index (χ2n) is 4.24. The van der Waals surface area contributed by atoms with Crippen LogP contribution in [0.15, 0.2) is 18.2 Å². The van der Waals surface area contributed by atoms with Gasteiger partial charge in [-0.25, -0.2) is 4.39 Å². The second-order valence-corrected chi connectivity index (χ2v) is 4.24. The number of benzene rings is 1. The minimum atomic E-state index is -0.121. The van der Waals surface area contributed by atoms with Gasteiger partial charge >= 0.3 is 0 Å². The SMILES string of the molecule is CCC(C)c1cc(F)ccc1C(C)C. The van der Waals surface area contributed by atoms with E-state index in [1.54, 1.807) is 12.1 Å². The van der Waals surface area contributed by atoms with E-state index in [4.69, 9.17) is 0 Å². The third kappa shape index (κ3) is 2.34. The van der Waals surface area contributed by atoms with Crippen LogP contribution in [-0.4, -0.2) is 0 Å². The van der Waals surface area contributed by atoms with Crippen LogP contribution in [0.4, 0.5) is 4.39 Å². The molecule has 0 bridgehead atoms. The molecule has 1 heteroatoms. The van der Waals surface area contributed by atoms with Crippen LogP contribution in [-0.2, 0) is 0 Å². The summed E-state index contributed by atoms with van der Waals surface area (Å²) in [5.74, 6) is 0.799. The smallest absolute Gasteiger partial charge is 0.123 e. The zero-order valence-corrected chi connectivity index (χ0v) is 9.47. The fraction of sp³-hybridized carbons (Fsp3) is 0.538. The molecular formula is C13H19F. The van der Waals surface area contributed by atoms with Gasteiger partial charge in [0.25, 0.3) is 0 Å². The van der Waals surface area contributed by atoms with Gasteiger partial charge in [-0.05, 0) is 41.5 Å². The summed E-state index contributed by atoms with van der Waals surface area (Å²) in [5, 5.41) is 0. The van der Waals surface area contributed by atoms with Crippen molar-refractivity contribution >= 4 is 0 Å². The van der Waals surface area contributed by atoms with Crippen molar-refractivity contribution in [3.63, 3.8) is 0 Å². The molecule has 0 saturated carbocycles. The summed E-state index contributed by atoms with van der Waals surface area (Å²) in [7, 11) is 0. The summed E-state index contributed by atoms with van der Waals surface area (Å²) in [5.41, 5.74) is 2.45. The van der Waals surface area contributed by atoms with Gasteiger partial charge in [0.05, 0.1) is 0 Å². The molecule has 0 saturated heterocycles. The molecule has 0 spiro atoms. The molecular weight excluding hydrogens is 175 g/mol. The first-order chi connectivity index (χ1) is 6.56. The van der Waals surface area contributed by atoms with Crippen LogP contribution in [0.5, 0.6) is 0 Å². The maximum Gasteiger partial charge on any atom is 0.123 e. The summed E-state index contributed by atoms with van der Waals surface area (Å²) in [4.78, 5) is 0. The Kier molecular flexibility index (Phi) is 3.68. The first-order valence-corrected chi connectivity index (χ1v) is 5.35. The molecule has 14 heavy (non-hydrogen) atoms. The number of hydrogen-bond acceptors (Lipinski definition) is 0. The van der Waals surface area contributed by atoms with E-state index < -0.39 is 0 Å². The van der Waals surface area contributed by atoms with Gasteiger partial charge in [-0.3, -0.25) is 0 Å². The lowest BCUT2D eigenvalue weighted by Crippen LogP contribution is -2.01. The Morgan fingerprint density at radius 1 is 1.14 bits per heavy atom. The highest BCUT2D eigenvalue weighted by atomic mass is 19.1. The zero-order chi connectivity index (χ0) is 10.7.